The second-order valence-electron chi connectivity index (χ2n) is 4.15. The summed E-state index contributed by atoms with van der Waals surface area (Å²) in [5.74, 6) is 0. The van der Waals surface area contributed by atoms with Crippen LogP contribution in [0.3, 0.4) is 0 Å². The van der Waals surface area contributed by atoms with Crippen LogP contribution in [0.1, 0.15) is 0 Å². The topological polar surface area (TPSA) is 69.1 Å². The lowest BCUT2D eigenvalue weighted by atomic mass is 10.3. The van der Waals surface area contributed by atoms with Gasteiger partial charge in [0.1, 0.15) is 0 Å². The minimum Gasteiger partial charge on any atom is -0.314 e. The summed E-state index contributed by atoms with van der Waals surface area (Å²) in [6.07, 6.45) is 0. The van der Waals surface area contributed by atoms with Crippen LogP contribution in [0.5, 0.6) is 0 Å². The van der Waals surface area contributed by atoms with Crippen LogP contribution in [0.2, 0.25) is 0 Å². The fraction of sp³-hybridized carbons (Fsp3) is 0.364. The molecule has 2 N–H and O–H groups in total. The summed E-state index contributed by atoms with van der Waals surface area (Å²) in [5.41, 5.74) is 0.826. The SMILES string of the molecule is N=S(=O)(c1nc2ccccc2s1)N1CCNCC1. The molecule has 0 radical (unpaired) electrons. The molecule has 1 aliphatic heterocycles. The van der Waals surface area contributed by atoms with Gasteiger partial charge in [0.15, 0.2) is 9.92 Å². The first-order chi connectivity index (χ1) is 8.68. The van der Waals surface area contributed by atoms with Gasteiger partial charge >= 0.3 is 0 Å². The zero-order chi connectivity index (χ0) is 12.6. The molecule has 1 aromatic carbocycles. The van der Waals surface area contributed by atoms with Gasteiger partial charge in [-0.3, -0.25) is 0 Å². The van der Waals surface area contributed by atoms with E-state index in [1.165, 1.54) is 11.3 Å². The van der Waals surface area contributed by atoms with Crippen LogP contribution < -0.4 is 5.32 Å². The van der Waals surface area contributed by atoms with Gasteiger partial charge in [-0.05, 0) is 12.1 Å². The van der Waals surface area contributed by atoms with Crippen LogP contribution >= 0.6 is 11.3 Å². The monoisotopic (exact) mass is 282 g/mol. The molecule has 1 saturated heterocycles. The van der Waals surface area contributed by atoms with Crippen molar-refractivity contribution in [1.29, 1.82) is 4.78 Å². The summed E-state index contributed by atoms with van der Waals surface area (Å²) in [4.78, 5) is 4.35. The highest BCUT2D eigenvalue weighted by molar-refractivity contribution is 7.92. The molecule has 0 bridgehead atoms. The smallest absolute Gasteiger partial charge is 0.205 e. The van der Waals surface area contributed by atoms with Crippen LogP contribution in [-0.4, -0.2) is 39.7 Å². The van der Waals surface area contributed by atoms with E-state index in [1.807, 2.05) is 24.3 Å². The van der Waals surface area contributed by atoms with Gasteiger partial charge < -0.3 is 5.32 Å². The minimum atomic E-state index is -2.92. The normalized spacial score (nSPS) is 20.9. The van der Waals surface area contributed by atoms with E-state index in [-0.39, 0.29) is 0 Å². The lowest BCUT2D eigenvalue weighted by molar-refractivity contribution is 0.375. The van der Waals surface area contributed by atoms with E-state index in [9.17, 15) is 4.21 Å². The van der Waals surface area contributed by atoms with E-state index >= 15 is 0 Å². The van der Waals surface area contributed by atoms with Crippen LogP contribution in [-0.2, 0) is 9.92 Å². The van der Waals surface area contributed by atoms with Gasteiger partial charge in [0.25, 0.3) is 0 Å². The van der Waals surface area contributed by atoms with Crippen molar-refractivity contribution >= 4 is 31.5 Å². The van der Waals surface area contributed by atoms with Gasteiger partial charge in [-0.2, -0.15) is 0 Å². The number of para-hydroxylation sites is 1. The van der Waals surface area contributed by atoms with Crippen LogP contribution in [0.15, 0.2) is 28.6 Å². The second kappa shape index (κ2) is 4.58. The molecule has 7 heteroatoms. The van der Waals surface area contributed by atoms with Crippen molar-refractivity contribution in [3.05, 3.63) is 24.3 Å². The molecule has 2 heterocycles. The average Bonchev–Trinajstić information content (AvgIpc) is 2.84. The Hall–Kier alpha value is -1.02. The molecule has 1 aliphatic rings. The van der Waals surface area contributed by atoms with Gasteiger partial charge in [0.05, 0.1) is 10.2 Å². The molecule has 1 aromatic heterocycles. The number of thiazole rings is 1. The van der Waals surface area contributed by atoms with Crippen LogP contribution in [0, 0.1) is 4.78 Å². The molecule has 0 amide bonds. The highest BCUT2D eigenvalue weighted by Gasteiger charge is 2.25. The third kappa shape index (κ3) is 2.03. The van der Waals surface area contributed by atoms with E-state index in [0.29, 0.717) is 17.4 Å². The fourth-order valence-electron chi connectivity index (χ4n) is 1.98. The Kier molecular flexibility index (Phi) is 3.06. The van der Waals surface area contributed by atoms with Crippen molar-refractivity contribution in [3.8, 4) is 0 Å². The lowest BCUT2D eigenvalue weighted by Crippen LogP contribution is -2.45. The third-order valence-electron chi connectivity index (χ3n) is 2.95. The van der Waals surface area contributed by atoms with Gasteiger partial charge in [0, 0.05) is 26.2 Å². The zero-order valence-electron chi connectivity index (χ0n) is 9.76. The standard InChI is InChI=1S/C11H14N4OS2/c12-18(16,15-7-5-13-6-8-15)11-14-9-3-1-2-4-10(9)17-11/h1-4,12-13H,5-8H2. The number of nitrogens with zero attached hydrogens (tertiary/aromatic N) is 2. The Balaban J connectivity index is 2.01. The average molecular weight is 282 g/mol. The number of benzene rings is 1. The number of rotatable bonds is 2. The quantitative estimate of drug-likeness (QED) is 0.877. The summed E-state index contributed by atoms with van der Waals surface area (Å²) in [7, 11) is -2.92. The highest BCUT2D eigenvalue weighted by Crippen LogP contribution is 2.27. The van der Waals surface area contributed by atoms with Crippen molar-refractivity contribution in [3.63, 3.8) is 0 Å². The Labute approximate surface area is 110 Å². The van der Waals surface area contributed by atoms with Gasteiger partial charge in [-0.25, -0.2) is 18.3 Å². The Bertz CT molecular complexity index is 625. The highest BCUT2D eigenvalue weighted by atomic mass is 32.2. The molecule has 2 aromatic rings. The summed E-state index contributed by atoms with van der Waals surface area (Å²) in [5, 5.41) is 3.20. The molecule has 1 atom stereocenters. The summed E-state index contributed by atoms with van der Waals surface area (Å²) >= 11 is 1.36. The molecule has 0 spiro atoms. The number of hydrogen-bond donors (Lipinski definition) is 2. The number of fused-ring (bicyclic) bond motifs is 1. The Morgan fingerprint density at radius 3 is 2.78 bits per heavy atom. The Morgan fingerprint density at radius 1 is 1.33 bits per heavy atom. The molecule has 96 valence electrons. The molecule has 3 rings (SSSR count). The fourth-order valence-corrected chi connectivity index (χ4v) is 4.86. The lowest BCUT2D eigenvalue weighted by Gasteiger charge is -2.27. The van der Waals surface area contributed by atoms with E-state index < -0.39 is 9.92 Å². The summed E-state index contributed by atoms with van der Waals surface area (Å²) in [6, 6.07) is 7.68. The van der Waals surface area contributed by atoms with Crippen molar-refractivity contribution in [1.82, 2.24) is 14.6 Å². The van der Waals surface area contributed by atoms with E-state index in [1.54, 1.807) is 4.31 Å². The molecule has 18 heavy (non-hydrogen) atoms. The van der Waals surface area contributed by atoms with Crippen molar-refractivity contribution in [2.45, 2.75) is 4.34 Å². The first-order valence-electron chi connectivity index (χ1n) is 5.78. The predicted octanol–water partition coefficient (Wildman–Crippen LogP) is 1.52. The summed E-state index contributed by atoms with van der Waals surface area (Å²) < 4.78 is 23.9. The van der Waals surface area contributed by atoms with Crippen LogP contribution in [0.4, 0.5) is 0 Å². The zero-order valence-corrected chi connectivity index (χ0v) is 11.4. The van der Waals surface area contributed by atoms with Crippen molar-refractivity contribution in [2.75, 3.05) is 26.2 Å². The predicted molar refractivity (Wildman–Crippen MR) is 73.2 cm³/mol. The maximum atomic E-state index is 12.6. The van der Waals surface area contributed by atoms with E-state index in [4.69, 9.17) is 4.78 Å². The van der Waals surface area contributed by atoms with Gasteiger partial charge in [0.2, 0.25) is 4.34 Å². The van der Waals surface area contributed by atoms with Gasteiger partial charge in [-0.1, -0.05) is 12.1 Å². The first-order valence-corrected chi connectivity index (χ1v) is 8.11. The maximum Gasteiger partial charge on any atom is 0.205 e. The van der Waals surface area contributed by atoms with E-state index in [0.717, 1.165) is 23.3 Å². The number of piperazine rings is 1. The van der Waals surface area contributed by atoms with Gasteiger partial charge in [-0.15, -0.1) is 11.3 Å². The van der Waals surface area contributed by atoms with Crippen molar-refractivity contribution < 1.29 is 4.21 Å². The third-order valence-corrected chi connectivity index (χ3v) is 6.37. The molecule has 1 fully saturated rings. The molecule has 0 aliphatic carbocycles. The Morgan fingerprint density at radius 2 is 2.06 bits per heavy atom. The van der Waals surface area contributed by atoms with Crippen molar-refractivity contribution in [2.24, 2.45) is 0 Å². The second-order valence-corrected chi connectivity index (χ2v) is 7.40. The van der Waals surface area contributed by atoms with Crippen LogP contribution in [0.25, 0.3) is 10.2 Å². The molecule has 1 unspecified atom stereocenters. The number of aromatic nitrogens is 1. The molecule has 0 saturated carbocycles. The van der Waals surface area contributed by atoms with E-state index in [2.05, 4.69) is 10.3 Å². The number of nitrogens with one attached hydrogen (secondary N) is 2. The largest absolute Gasteiger partial charge is 0.314 e. The molecular weight excluding hydrogens is 268 g/mol. The molecular formula is C11H14N4OS2. The summed E-state index contributed by atoms with van der Waals surface area (Å²) in [6.45, 7) is 2.83. The first kappa shape index (κ1) is 12.0. The minimum absolute atomic E-state index is 0.422. The maximum absolute atomic E-state index is 12.6. The molecule has 5 nitrogen and oxygen atoms in total. The number of hydrogen-bond acceptors (Lipinski definition) is 5.